The number of nitrogens with one attached hydrogen (secondary N) is 1. The van der Waals surface area contributed by atoms with Crippen molar-refractivity contribution in [3.63, 3.8) is 0 Å². The Morgan fingerprint density at radius 2 is 1.90 bits per heavy atom. The van der Waals surface area contributed by atoms with E-state index >= 15 is 0 Å². The van der Waals surface area contributed by atoms with E-state index in [0.29, 0.717) is 11.5 Å². The van der Waals surface area contributed by atoms with Gasteiger partial charge in [-0.3, -0.25) is 0 Å². The minimum atomic E-state index is -4.29. The van der Waals surface area contributed by atoms with E-state index < -0.39 is 11.7 Å². The first-order valence-electron chi connectivity index (χ1n) is 7.27. The maximum Gasteiger partial charge on any atom is 0.416 e. The molecule has 1 fully saturated rings. The highest BCUT2D eigenvalue weighted by molar-refractivity contribution is 5.33. The van der Waals surface area contributed by atoms with Crippen LogP contribution in [0.15, 0.2) is 24.3 Å². The topological polar surface area (TPSA) is 12.0 Å². The average Bonchev–Trinajstić information content (AvgIpc) is 2.39. The third-order valence-electron chi connectivity index (χ3n) is 4.36. The molecule has 0 saturated heterocycles. The van der Waals surface area contributed by atoms with E-state index in [2.05, 4.69) is 12.2 Å². The molecule has 1 aromatic carbocycles. The first-order chi connectivity index (χ1) is 9.43. The highest BCUT2D eigenvalue weighted by Gasteiger charge is 2.37. The molecular weight excluding hydrogens is 263 g/mol. The minimum Gasteiger partial charge on any atom is -0.313 e. The molecule has 1 aromatic rings. The van der Waals surface area contributed by atoms with Crippen LogP contribution in [0.4, 0.5) is 13.2 Å². The molecule has 0 amide bonds. The summed E-state index contributed by atoms with van der Waals surface area (Å²) in [5, 5.41) is 3.12. The summed E-state index contributed by atoms with van der Waals surface area (Å²) in [6.07, 6.45) is 0.0117. The van der Waals surface area contributed by atoms with Gasteiger partial charge >= 0.3 is 6.18 Å². The van der Waals surface area contributed by atoms with Gasteiger partial charge in [-0.1, -0.05) is 38.0 Å². The molecule has 1 saturated carbocycles. The van der Waals surface area contributed by atoms with Crippen LogP contribution in [0.2, 0.25) is 0 Å². The first kappa shape index (κ1) is 15.4. The molecule has 1 N–H and O–H groups in total. The average molecular weight is 285 g/mol. The lowest BCUT2D eigenvalue weighted by Gasteiger charge is -2.34. The number of hydrogen-bond acceptors (Lipinski definition) is 1. The van der Waals surface area contributed by atoms with E-state index in [0.717, 1.165) is 19.3 Å². The summed E-state index contributed by atoms with van der Waals surface area (Å²) in [6, 6.07) is 5.74. The van der Waals surface area contributed by atoms with E-state index in [1.807, 2.05) is 0 Å². The van der Waals surface area contributed by atoms with E-state index in [4.69, 9.17) is 0 Å². The van der Waals surface area contributed by atoms with Crippen molar-refractivity contribution in [2.24, 2.45) is 11.8 Å². The SMILES string of the molecule is CNC(c1ccccc1C(F)(F)F)C1CCCC(C)C1. The van der Waals surface area contributed by atoms with Crippen molar-refractivity contribution in [3.8, 4) is 0 Å². The third kappa shape index (κ3) is 3.35. The highest BCUT2D eigenvalue weighted by atomic mass is 19.4. The molecule has 0 aliphatic heterocycles. The molecule has 20 heavy (non-hydrogen) atoms. The maximum absolute atomic E-state index is 13.2. The Kier molecular flexibility index (Phi) is 4.74. The van der Waals surface area contributed by atoms with Gasteiger partial charge in [-0.25, -0.2) is 0 Å². The molecule has 1 nitrogen and oxygen atoms in total. The molecule has 4 heteroatoms. The fraction of sp³-hybridized carbons (Fsp3) is 0.625. The van der Waals surface area contributed by atoms with Gasteiger partial charge in [-0.15, -0.1) is 0 Å². The van der Waals surface area contributed by atoms with Crippen molar-refractivity contribution in [2.45, 2.75) is 44.8 Å². The van der Waals surface area contributed by atoms with Crippen LogP contribution in [0.3, 0.4) is 0 Å². The Hall–Kier alpha value is -1.03. The largest absolute Gasteiger partial charge is 0.416 e. The van der Waals surface area contributed by atoms with Crippen LogP contribution in [0.1, 0.15) is 49.8 Å². The fourth-order valence-electron chi connectivity index (χ4n) is 3.46. The first-order valence-corrected chi connectivity index (χ1v) is 7.27. The van der Waals surface area contributed by atoms with Crippen LogP contribution in [0.5, 0.6) is 0 Å². The summed E-state index contributed by atoms with van der Waals surface area (Å²) < 4.78 is 39.5. The van der Waals surface area contributed by atoms with E-state index in [-0.39, 0.29) is 12.0 Å². The number of hydrogen-bond donors (Lipinski definition) is 1. The Balaban J connectivity index is 2.32. The van der Waals surface area contributed by atoms with Crippen LogP contribution in [0.25, 0.3) is 0 Å². The predicted molar refractivity (Wildman–Crippen MR) is 74.4 cm³/mol. The Morgan fingerprint density at radius 1 is 1.20 bits per heavy atom. The van der Waals surface area contributed by atoms with Crippen molar-refractivity contribution >= 4 is 0 Å². The Labute approximate surface area is 118 Å². The Bertz CT molecular complexity index is 442. The number of benzene rings is 1. The molecule has 1 aliphatic rings. The summed E-state index contributed by atoms with van der Waals surface area (Å²) in [4.78, 5) is 0. The molecule has 3 atom stereocenters. The molecule has 3 unspecified atom stereocenters. The zero-order valence-electron chi connectivity index (χ0n) is 12.0. The molecule has 0 aromatic heterocycles. The summed E-state index contributed by atoms with van der Waals surface area (Å²) in [6.45, 7) is 2.19. The monoisotopic (exact) mass is 285 g/mol. The van der Waals surface area contributed by atoms with Crippen molar-refractivity contribution in [1.29, 1.82) is 0 Å². The lowest BCUT2D eigenvalue weighted by molar-refractivity contribution is -0.138. The fourth-order valence-corrected chi connectivity index (χ4v) is 3.46. The van der Waals surface area contributed by atoms with E-state index in [9.17, 15) is 13.2 Å². The number of rotatable bonds is 3. The standard InChI is InChI=1S/C16H22F3N/c1-11-6-5-7-12(10-11)15(20-2)13-8-3-4-9-14(13)16(17,18)19/h3-4,8-9,11-12,15,20H,5-7,10H2,1-2H3. The lowest BCUT2D eigenvalue weighted by Crippen LogP contribution is -2.30. The summed E-state index contributed by atoms with van der Waals surface area (Å²) in [7, 11) is 1.76. The second-order valence-corrected chi connectivity index (χ2v) is 5.88. The van der Waals surface area contributed by atoms with Crippen molar-refractivity contribution in [1.82, 2.24) is 5.32 Å². The van der Waals surface area contributed by atoms with Crippen LogP contribution < -0.4 is 5.32 Å². The molecule has 0 heterocycles. The summed E-state index contributed by atoms with van der Waals surface area (Å²) in [5.41, 5.74) is -0.112. The summed E-state index contributed by atoms with van der Waals surface area (Å²) in [5.74, 6) is 0.884. The smallest absolute Gasteiger partial charge is 0.313 e. The van der Waals surface area contributed by atoms with Crippen LogP contribution in [-0.4, -0.2) is 7.05 Å². The van der Waals surface area contributed by atoms with Gasteiger partial charge in [0.15, 0.2) is 0 Å². The van der Waals surface area contributed by atoms with Crippen molar-refractivity contribution in [2.75, 3.05) is 7.05 Å². The third-order valence-corrected chi connectivity index (χ3v) is 4.36. The van der Waals surface area contributed by atoms with Gasteiger partial charge in [-0.2, -0.15) is 13.2 Å². The van der Waals surface area contributed by atoms with Gasteiger partial charge in [0.25, 0.3) is 0 Å². The van der Waals surface area contributed by atoms with Crippen LogP contribution in [0, 0.1) is 11.8 Å². The quantitative estimate of drug-likeness (QED) is 0.841. The van der Waals surface area contributed by atoms with Gasteiger partial charge in [0.05, 0.1) is 5.56 Å². The molecule has 1 aliphatic carbocycles. The van der Waals surface area contributed by atoms with Crippen LogP contribution >= 0.6 is 0 Å². The molecule has 2 rings (SSSR count). The van der Waals surface area contributed by atoms with Gasteiger partial charge < -0.3 is 5.32 Å². The molecule has 0 radical (unpaired) electrons. The van der Waals surface area contributed by atoms with Crippen molar-refractivity contribution in [3.05, 3.63) is 35.4 Å². The van der Waals surface area contributed by atoms with Gasteiger partial charge in [0.2, 0.25) is 0 Å². The highest BCUT2D eigenvalue weighted by Crippen LogP contribution is 2.41. The van der Waals surface area contributed by atoms with Gasteiger partial charge in [0.1, 0.15) is 0 Å². The van der Waals surface area contributed by atoms with Gasteiger partial charge in [-0.05, 0) is 43.4 Å². The molecule has 0 spiro atoms. The summed E-state index contributed by atoms with van der Waals surface area (Å²) >= 11 is 0. The molecule has 0 bridgehead atoms. The van der Waals surface area contributed by atoms with Crippen LogP contribution in [-0.2, 0) is 6.18 Å². The van der Waals surface area contributed by atoms with Gasteiger partial charge in [0, 0.05) is 6.04 Å². The zero-order valence-corrected chi connectivity index (χ0v) is 12.0. The predicted octanol–water partition coefficient (Wildman–Crippen LogP) is 4.79. The number of halogens is 3. The number of alkyl halides is 3. The van der Waals surface area contributed by atoms with E-state index in [1.165, 1.54) is 18.6 Å². The maximum atomic E-state index is 13.2. The normalized spacial score (nSPS) is 25.4. The second-order valence-electron chi connectivity index (χ2n) is 5.88. The van der Waals surface area contributed by atoms with Crippen molar-refractivity contribution < 1.29 is 13.2 Å². The zero-order chi connectivity index (χ0) is 14.8. The minimum absolute atomic E-state index is 0.212. The van der Waals surface area contributed by atoms with E-state index in [1.54, 1.807) is 19.2 Å². The lowest BCUT2D eigenvalue weighted by atomic mass is 9.76. The second kappa shape index (κ2) is 6.17. The molecule has 112 valence electrons. The Morgan fingerprint density at radius 3 is 2.50 bits per heavy atom. The molecular formula is C16H22F3N.